The van der Waals surface area contributed by atoms with E-state index in [1.165, 1.54) is 7.11 Å². The Hall–Kier alpha value is -0.320. The van der Waals surface area contributed by atoms with Gasteiger partial charge in [-0.25, -0.2) is 0 Å². The van der Waals surface area contributed by atoms with E-state index < -0.39 is 0 Å². The molecule has 0 aromatic rings. The highest BCUT2D eigenvalue weighted by atomic mass is 35.5. The van der Waals surface area contributed by atoms with Gasteiger partial charge < -0.3 is 15.2 Å². The van der Waals surface area contributed by atoms with Crippen LogP contribution < -0.4 is 5.73 Å². The second kappa shape index (κ2) is 5.84. The molecule has 0 aromatic heterocycles. The first-order chi connectivity index (χ1) is 6.83. The smallest absolute Gasteiger partial charge is 0.305 e. The van der Waals surface area contributed by atoms with Crippen LogP contribution in [0, 0.1) is 5.92 Å². The zero-order valence-corrected chi connectivity index (χ0v) is 11.2. The van der Waals surface area contributed by atoms with Gasteiger partial charge in [-0.2, -0.15) is 0 Å². The molecule has 1 aliphatic rings. The van der Waals surface area contributed by atoms with Crippen LogP contribution >= 0.6 is 12.4 Å². The molecule has 4 nitrogen and oxygen atoms in total. The van der Waals surface area contributed by atoms with Gasteiger partial charge in [0.25, 0.3) is 0 Å². The van der Waals surface area contributed by atoms with E-state index in [1.807, 2.05) is 20.8 Å². The number of esters is 1. The Morgan fingerprint density at radius 1 is 1.44 bits per heavy atom. The molecular weight excluding hydrogens is 230 g/mol. The summed E-state index contributed by atoms with van der Waals surface area (Å²) < 4.78 is 10.4. The summed E-state index contributed by atoms with van der Waals surface area (Å²) in [7, 11) is 1.39. The first kappa shape index (κ1) is 15.7. The van der Waals surface area contributed by atoms with Crippen molar-refractivity contribution in [3.63, 3.8) is 0 Å². The molecule has 16 heavy (non-hydrogen) atoms. The summed E-state index contributed by atoms with van der Waals surface area (Å²) in [5.41, 5.74) is 5.67. The summed E-state index contributed by atoms with van der Waals surface area (Å²) in [6.07, 6.45) is 1.29. The molecule has 1 rings (SSSR count). The molecule has 3 atom stereocenters. The first-order valence-electron chi connectivity index (χ1n) is 5.33. The van der Waals surface area contributed by atoms with Crippen molar-refractivity contribution in [3.8, 4) is 0 Å². The van der Waals surface area contributed by atoms with Gasteiger partial charge in [-0.15, -0.1) is 12.4 Å². The summed E-state index contributed by atoms with van der Waals surface area (Å²) in [6.45, 7) is 6.02. The van der Waals surface area contributed by atoms with Crippen molar-refractivity contribution in [3.05, 3.63) is 0 Å². The van der Waals surface area contributed by atoms with E-state index in [0.29, 0.717) is 6.42 Å². The van der Waals surface area contributed by atoms with Crippen LogP contribution in [-0.2, 0) is 14.3 Å². The third-order valence-corrected chi connectivity index (χ3v) is 2.67. The van der Waals surface area contributed by atoms with Gasteiger partial charge in [-0.1, -0.05) is 0 Å². The van der Waals surface area contributed by atoms with Crippen LogP contribution in [-0.4, -0.2) is 30.8 Å². The van der Waals surface area contributed by atoms with Crippen molar-refractivity contribution in [1.82, 2.24) is 0 Å². The molecule has 5 heteroatoms. The Balaban J connectivity index is 0.00000225. The molecule has 2 N–H and O–H groups in total. The van der Waals surface area contributed by atoms with Crippen molar-refractivity contribution in [2.75, 3.05) is 7.11 Å². The number of ether oxygens (including phenoxy) is 2. The molecule has 0 amide bonds. The maximum Gasteiger partial charge on any atom is 0.305 e. The minimum absolute atomic E-state index is 0. The topological polar surface area (TPSA) is 61.5 Å². The van der Waals surface area contributed by atoms with Crippen LogP contribution in [0.25, 0.3) is 0 Å². The molecular formula is C11H22ClNO3. The maximum atomic E-state index is 11.1. The molecule has 0 radical (unpaired) electrons. The largest absolute Gasteiger partial charge is 0.469 e. The van der Waals surface area contributed by atoms with E-state index in [-0.39, 0.29) is 42.0 Å². The molecule has 0 bridgehead atoms. The SMILES string of the molecule is COC(=O)C[C@@H]1[C@@H](N)C[C@H]1OC(C)(C)C.Cl. The molecule has 0 saturated heterocycles. The van der Waals surface area contributed by atoms with Crippen LogP contribution in [0.2, 0.25) is 0 Å². The second-order valence-corrected chi connectivity index (χ2v) is 5.11. The van der Waals surface area contributed by atoms with Gasteiger partial charge in [0.1, 0.15) is 0 Å². The van der Waals surface area contributed by atoms with E-state index in [4.69, 9.17) is 10.5 Å². The van der Waals surface area contributed by atoms with E-state index in [0.717, 1.165) is 6.42 Å². The van der Waals surface area contributed by atoms with Crippen molar-refractivity contribution in [1.29, 1.82) is 0 Å². The number of methoxy groups -OCH3 is 1. The lowest BCUT2D eigenvalue weighted by Gasteiger charge is -2.44. The Morgan fingerprint density at radius 2 is 2.00 bits per heavy atom. The van der Waals surface area contributed by atoms with E-state index >= 15 is 0 Å². The molecule has 96 valence electrons. The molecule has 0 unspecified atom stereocenters. The zero-order valence-electron chi connectivity index (χ0n) is 10.4. The highest BCUT2D eigenvalue weighted by Gasteiger charge is 2.42. The lowest BCUT2D eigenvalue weighted by atomic mass is 9.74. The number of carbonyl (C=O) groups excluding carboxylic acids is 1. The van der Waals surface area contributed by atoms with Crippen molar-refractivity contribution in [2.24, 2.45) is 11.7 Å². The Labute approximate surface area is 103 Å². The zero-order chi connectivity index (χ0) is 11.6. The second-order valence-electron chi connectivity index (χ2n) is 5.11. The van der Waals surface area contributed by atoms with Crippen molar-refractivity contribution < 1.29 is 14.3 Å². The van der Waals surface area contributed by atoms with Gasteiger partial charge >= 0.3 is 5.97 Å². The van der Waals surface area contributed by atoms with Crippen molar-refractivity contribution >= 4 is 18.4 Å². The molecule has 0 aromatic carbocycles. The highest BCUT2D eigenvalue weighted by molar-refractivity contribution is 5.85. The lowest BCUT2D eigenvalue weighted by molar-refractivity contribution is -0.157. The van der Waals surface area contributed by atoms with Gasteiger partial charge in [0, 0.05) is 12.0 Å². The van der Waals surface area contributed by atoms with Crippen LogP contribution in [0.3, 0.4) is 0 Å². The fraction of sp³-hybridized carbons (Fsp3) is 0.909. The van der Waals surface area contributed by atoms with Gasteiger partial charge in [-0.05, 0) is 27.2 Å². The summed E-state index contributed by atoms with van der Waals surface area (Å²) in [4.78, 5) is 11.1. The molecule has 1 saturated carbocycles. The van der Waals surface area contributed by atoms with E-state index in [9.17, 15) is 4.79 Å². The number of hydrogen-bond donors (Lipinski definition) is 1. The van der Waals surface area contributed by atoms with Gasteiger partial charge in [0.05, 0.1) is 25.2 Å². The first-order valence-corrected chi connectivity index (χ1v) is 5.33. The standard InChI is InChI=1S/C11H21NO3.ClH/c1-11(2,3)15-9-6-8(12)7(9)5-10(13)14-4;/h7-9H,5-6,12H2,1-4H3;1H/t7-,8+,9-;/m1./s1. The molecule has 1 fully saturated rings. The molecule has 0 aliphatic heterocycles. The number of hydrogen-bond acceptors (Lipinski definition) is 4. The molecule has 0 heterocycles. The van der Waals surface area contributed by atoms with E-state index in [1.54, 1.807) is 0 Å². The van der Waals surface area contributed by atoms with Crippen LogP contribution in [0.1, 0.15) is 33.6 Å². The normalized spacial score (nSPS) is 28.9. The number of carbonyl (C=O) groups is 1. The van der Waals surface area contributed by atoms with Crippen LogP contribution in [0.5, 0.6) is 0 Å². The predicted octanol–water partition coefficient (Wildman–Crippen LogP) is 1.50. The van der Waals surface area contributed by atoms with Gasteiger partial charge in [0.15, 0.2) is 0 Å². The highest BCUT2D eigenvalue weighted by Crippen LogP contribution is 2.35. The number of rotatable bonds is 3. The van der Waals surface area contributed by atoms with Crippen LogP contribution in [0.15, 0.2) is 0 Å². The molecule has 0 spiro atoms. The summed E-state index contributed by atoms with van der Waals surface area (Å²) >= 11 is 0. The summed E-state index contributed by atoms with van der Waals surface area (Å²) in [5, 5.41) is 0. The summed E-state index contributed by atoms with van der Waals surface area (Å²) in [5.74, 6) is -0.102. The average Bonchev–Trinajstić information content (AvgIpc) is 2.11. The monoisotopic (exact) mass is 251 g/mol. The van der Waals surface area contributed by atoms with Crippen LogP contribution in [0.4, 0.5) is 0 Å². The Bertz CT molecular complexity index is 240. The minimum Gasteiger partial charge on any atom is -0.469 e. The average molecular weight is 252 g/mol. The fourth-order valence-electron chi connectivity index (χ4n) is 1.85. The third kappa shape index (κ3) is 4.28. The van der Waals surface area contributed by atoms with Gasteiger partial charge in [-0.3, -0.25) is 4.79 Å². The Kier molecular flexibility index (Phi) is 5.73. The molecule has 1 aliphatic carbocycles. The number of nitrogens with two attached hydrogens (primary N) is 1. The Morgan fingerprint density at radius 3 is 2.38 bits per heavy atom. The van der Waals surface area contributed by atoms with Gasteiger partial charge in [0.2, 0.25) is 0 Å². The predicted molar refractivity (Wildman–Crippen MR) is 64.6 cm³/mol. The quantitative estimate of drug-likeness (QED) is 0.773. The third-order valence-electron chi connectivity index (χ3n) is 2.67. The van der Waals surface area contributed by atoms with E-state index in [2.05, 4.69) is 4.74 Å². The van der Waals surface area contributed by atoms with Crippen molar-refractivity contribution in [2.45, 2.75) is 51.4 Å². The maximum absolute atomic E-state index is 11.1. The lowest BCUT2D eigenvalue weighted by Crippen LogP contribution is -2.55. The summed E-state index contributed by atoms with van der Waals surface area (Å²) in [6, 6.07) is 0.0662. The minimum atomic E-state index is -0.211. The fourth-order valence-corrected chi connectivity index (χ4v) is 1.85. The number of halogens is 1.